The largest absolute Gasteiger partial charge is 0.370 e. The number of rotatable bonds is 5. The SMILES string of the molecule is CNc1ncc(-c2ccccc2)nc1NN1c2ccc3c(c2C2C=CC=CC21)c1ccccc1n3-c1ccccc1. The minimum Gasteiger partial charge on any atom is -0.370 e. The molecule has 2 aliphatic rings. The van der Waals surface area contributed by atoms with E-state index in [4.69, 9.17) is 9.97 Å². The monoisotopic (exact) mass is 532 g/mol. The van der Waals surface area contributed by atoms with Crippen molar-refractivity contribution >= 4 is 39.1 Å². The molecule has 0 saturated carbocycles. The average Bonchev–Trinajstić information content (AvgIpc) is 3.54. The molecule has 6 aromatic rings. The topological polar surface area (TPSA) is 58.0 Å². The Morgan fingerprint density at radius 2 is 1.49 bits per heavy atom. The van der Waals surface area contributed by atoms with Gasteiger partial charge in [0.15, 0.2) is 11.6 Å². The predicted molar refractivity (Wildman–Crippen MR) is 169 cm³/mol. The lowest BCUT2D eigenvalue weighted by Gasteiger charge is -2.29. The highest BCUT2D eigenvalue weighted by atomic mass is 15.6. The lowest BCUT2D eigenvalue weighted by molar-refractivity contribution is 0.718. The number of aromatic nitrogens is 3. The van der Waals surface area contributed by atoms with Crippen molar-refractivity contribution in [2.24, 2.45) is 0 Å². The van der Waals surface area contributed by atoms with Crippen LogP contribution in [0.1, 0.15) is 11.5 Å². The lowest BCUT2D eigenvalue weighted by atomic mass is 9.89. The Balaban J connectivity index is 1.33. The van der Waals surface area contributed by atoms with E-state index in [2.05, 4.69) is 123 Å². The molecule has 1 aliphatic heterocycles. The highest BCUT2D eigenvalue weighted by Crippen LogP contribution is 2.50. The van der Waals surface area contributed by atoms with E-state index in [9.17, 15) is 0 Å². The third kappa shape index (κ3) is 3.64. The molecule has 0 spiro atoms. The van der Waals surface area contributed by atoms with Gasteiger partial charge in [-0.3, -0.25) is 10.4 Å². The van der Waals surface area contributed by atoms with Crippen LogP contribution in [0, 0.1) is 0 Å². The number of hydrazine groups is 1. The fourth-order valence-corrected chi connectivity index (χ4v) is 6.40. The van der Waals surface area contributed by atoms with Crippen LogP contribution in [0.3, 0.4) is 0 Å². The minimum atomic E-state index is 0.0892. The summed E-state index contributed by atoms with van der Waals surface area (Å²) in [5.41, 5.74) is 11.6. The van der Waals surface area contributed by atoms with E-state index >= 15 is 0 Å². The molecular weight excluding hydrogens is 504 g/mol. The zero-order valence-electron chi connectivity index (χ0n) is 22.6. The molecule has 2 atom stereocenters. The third-order valence-corrected chi connectivity index (χ3v) is 8.17. The number of hydrogen-bond donors (Lipinski definition) is 2. The summed E-state index contributed by atoms with van der Waals surface area (Å²) in [6, 6.07) is 34.1. The molecule has 198 valence electrons. The molecule has 1 aliphatic carbocycles. The Morgan fingerprint density at radius 3 is 2.32 bits per heavy atom. The van der Waals surface area contributed by atoms with Crippen molar-refractivity contribution in [3.8, 4) is 16.9 Å². The Kier molecular flexibility index (Phi) is 5.38. The fourth-order valence-electron chi connectivity index (χ4n) is 6.40. The zero-order chi connectivity index (χ0) is 27.3. The van der Waals surface area contributed by atoms with Gasteiger partial charge < -0.3 is 9.88 Å². The van der Waals surface area contributed by atoms with Gasteiger partial charge in [-0.25, -0.2) is 9.97 Å². The number of para-hydroxylation sites is 2. The Labute approximate surface area is 238 Å². The number of nitrogens with one attached hydrogen (secondary N) is 2. The molecular formula is C35H28N6. The second kappa shape index (κ2) is 9.38. The van der Waals surface area contributed by atoms with E-state index in [1.54, 1.807) is 0 Å². The Bertz CT molecular complexity index is 1970. The number of nitrogens with zero attached hydrogens (tertiary/aromatic N) is 4. The molecule has 4 aromatic carbocycles. The highest BCUT2D eigenvalue weighted by molar-refractivity contribution is 6.13. The standard InChI is InChI=1S/C35H28N6/c1-36-34-35(38-27(22-37-34)23-12-4-2-5-13-23)39-41-29-19-11-9-17-26(29)33-31(41)21-20-30-32(33)25-16-8-10-18-28(25)40(30)24-14-6-3-7-15-24/h2-22,26,29H,1H3,(H,36,37)(H,38,39). The van der Waals surface area contributed by atoms with Crippen LogP contribution in [0.2, 0.25) is 0 Å². The summed E-state index contributed by atoms with van der Waals surface area (Å²) in [6.07, 6.45) is 10.7. The first-order chi connectivity index (χ1) is 20.3. The van der Waals surface area contributed by atoms with Gasteiger partial charge in [0.25, 0.3) is 0 Å². The molecule has 0 amide bonds. The molecule has 6 nitrogen and oxygen atoms in total. The summed E-state index contributed by atoms with van der Waals surface area (Å²) in [4.78, 5) is 9.73. The van der Waals surface area contributed by atoms with Gasteiger partial charge in [-0.15, -0.1) is 0 Å². The molecule has 0 saturated heterocycles. The predicted octanol–water partition coefficient (Wildman–Crippen LogP) is 7.71. The van der Waals surface area contributed by atoms with Gasteiger partial charge in [0, 0.05) is 35.0 Å². The lowest BCUT2D eigenvalue weighted by Crippen LogP contribution is -2.38. The summed E-state index contributed by atoms with van der Waals surface area (Å²) in [5.74, 6) is 1.58. The summed E-state index contributed by atoms with van der Waals surface area (Å²) in [6.45, 7) is 0. The molecule has 8 rings (SSSR count). The van der Waals surface area contributed by atoms with Crippen LogP contribution >= 0.6 is 0 Å². The molecule has 0 fully saturated rings. The van der Waals surface area contributed by atoms with E-state index in [-0.39, 0.29) is 12.0 Å². The quantitative estimate of drug-likeness (QED) is 0.238. The van der Waals surface area contributed by atoms with Crippen LogP contribution in [-0.4, -0.2) is 27.6 Å². The molecule has 3 heterocycles. The molecule has 2 aromatic heterocycles. The van der Waals surface area contributed by atoms with Crippen molar-refractivity contribution in [2.45, 2.75) is 12.0 Å². The molecule has 2 unspecified atom stereocenters. The summed E-state index contributed by atoms with van der Waals surface area (Å²) < 4.78 is 2.38. The molecule has 2 N–H and O–H groups in total. The number of anilines is 3. The Morgan fingerprint density at radius 1 is 0.732 bits per heavy atom. The van der Waals surface area contributed by atoms with Crippen molar-refractivity contribution in [1.82, 2.24) is 14.5 Å². The van der Waals surface area contributed by atoms with Crippen molar-refractivity contribution in [1.29, 1.82) is 0 Å². The maximum atomic E-state index is 5.02. The number of hydrogen-bond acceptors (Lipinski definition) is 5. The number of benzene rings is 4. The third-order valence-electron chi connectivity index (χ3n) is 8.17. The van der Waals surface area contributed by atoms with Crippen molar-refractivity contribution in [3.05, 3.63) is 133 Å². The van der Waals surface area contributed by atoms with Gasteiger partial charge in [-0.1, -0.05) is 91.0 Å². The van der Waals surface area contributed by atoms with Gasteiger partial charge in [-0.2, -0.15) is 0 Å². The van der Waals surface area contributed by atoms with E-state index in [0.717, 1.165) is 22.6 Å². The maximum Gasteiger partial charge on any atom is 0.188 e. The normalized spacial score (nSPS) is 17.1. The van der Waals surface area contributed by atoms with Crippen LogP contribution < -0.4 is 15.8 Å². The van der Waals surface area contributed by atoms with Gasteiger partial charge in [-0.05, 0) is 35.9 Å². The molecule has 41 heavy (non-hydrogen) atoms. The van der Waals surface area contributed by atoms with Crippen LogP contribution in [0.5, 0.6) is 0 Å². The zero-order valence-corrected chi connectivity index (χ0v) is 22.6. The van der Waals surface area contributed by atoms with Gasteiger partial charge in [0.05, 0.1) is 34.7 Å². The minimum absolute atomic E-state index is 0.0892. The van der Waals surface area contributed by atoms with E-state index < -0.39 is 0 Å². The van der Waals surface area contributed by atoms with E-state index in [1.807, 2.05) is 31.4 Å². The maximum absolute atomic E-state index is 5.02. The molecule has 0 radical (unpaired) electrons. The second-order valence-electron chi connectivity index (χ2n) is 10.4. The molecule has 0 bridgehead atoms. The Hall–Kier alpha value is -5.36. The first kappa shape index (κ1) is 23.5. The first-order valence-electron chi connectivity index (χ1n) is 13.9. The summed E-state index contributed by atoms with van der Waals surface area (Å²) >= 11 is 0. The summed E-state index contributed by atoms with van der Waals surface area (Å²) in [5, 5.41) is 8.03. The first-order valence-corrected chi connectivity index (χ1v) is 13.9. The van der Waals surface area contributed by atoms with Crippen LogP contribution in [-0.2, 0) is 0 Å². The van der Waals surface area contributed by atoms with Gasteiger partial charge >= 0.3 is 0 Å². The highest BCUT2D eigenvalue weighted by Gasteiger charge is 2.39. The second-order valence-corrected chi connectivity index (χ2v) is 10.4. The van der Waals surface area contributed by atoms with E-state index in [0.29, 0.717) is 11.6 Å². The van der Waals surface area contributed by atoms with E-state index in [1.165, 1.54) is 27.4 Å². The fraction of sp³-hybridized carbons (Fsp3) is 0.0857. The van der Waals surface area contributed by atoms with Gasteiger partial charge in [0.2, 0.25) is 0 Å². The summed E-state index contributed by atoms with van der Waals surface area (Å²) in [7, 11) is 1.88. The average molecular weight is 533 g/mol. The smallest absolute Gasteiger partial charge is 0.188 e. The van der Waals surface area contributed by atoms with Gasteiger partial charge in [0.1, 0.15) is 0 Å². The van der Waals surface area contributed by atoms with Crippen LogP contribution in [0.25, 0.3) is 38.8 Å². The van der Waals surface area contributed by atoms with Crippen LogP contribution in [0.15, 0.2) is 128 Å². The van der Waals surface area contributed by atoms with Crippen molar-refractivity contribution < 1.29 is 0 Å². The van der Waals surface area contributed by atoms with Crippen molar-refractivity contribution in [2.75, 3.05) is 22.8 Å². The molecule has 6 heteroatoms. The number of fused-ring (bicyclic) bond motifs is 7. The number of allylic oxidation sites excluding steroid dienone is 2. The van der Waals surface area contributed by atoms with Crippen molar-refractivity contribution in [3.63, 3.8) is 0 Å². The van der Waals surface area contributed by atoms with Crippen LogP contribution in [0.4, 0.5) is 17.3 Å².